The number of thioether (sulfide) groups is 1. The molecule has 0 aromatic rings. The third-order valence-corrected chi connectivity index (χ3v) is 3.36. The van der Waals surface area contributed by atoms with Crippen molar-refractivity contribution in [2.75, 3.05) is 18.1 Å². The molecule has 0 aliphatic carbocycles. The predicted molar refractivity (Wildman–Crippen MR) is 56.6 cm³/mol. The summed E-state index contributed by atoms with van der Waals surface area (Å²) in [5, 5.41) is 3.49. The standard InChI is InChI=1S/C9H20N2S/c1-8(10)4-6-12-7-9-3-2-5-11-9/h8-9,11H,2-7,10H2,1H3/t8?,9-/m1/s1. The van der Waals surface area contributed by atoms with E-state index in [0.717, 1.165) is 12.5 Å². The van der Waals surface area contributed by atoms with Crippen LogP contribution in [0, 0.1) is 0 Å². The summed E-state index contributed by atoms with van der Waals surface area (Å²) in [7, 11) is 0. The zero-order valence-electron chi connectivity index (χ0n) is 7.88. The van der Waals surface area contributed by atoms with Gasteiger partial charge in [-0.2, -0.15) is 11.8 Å². The lowest BCUT2D eigenvalue weighted by molar-refractivity contribution is 0.671. The molecule has 72 valence electrons. The van der Waals surface area contributed by atoms with Gasteiger partial charge in [0, 0.05) is 17.8 Å². The first-order chi connectivity index (χ1) is 5.79. The third kappa shape index (κ3) is 4.33. The maximum Gasteiger partial charge on any atom is 0.0158 e. The molecular formula is C9H20N2S. The molecule has 3 N–H and O–H groups in total. The number of nitrogens with two attached hydrogens (primary N) is 1. The molecule has 1 aliphatic rings. The molecule has 2 nitrogen and oxygen atoms in total. The Morgan fingerprint density at radius 3 is 3.08 bits per heavy atom. The van der Waals surface area contributed by atoms with Crippen LogP contribution in [0.15, 0.2) is 0 Å². The Balaban J connectivity index is 1.88. The summed E-state index contributed by atoms with van der Waals surface area (Å²) in [5.74, 6) is 2.49. The Morgan fingerprint density at radius 2 is 2.50 bits per heavy atom. The van der Waals surface area contributed by atoms with Crippen molar-refractivity contribution in [2.45, 2.75) is 38.3 Å². The Labute approximate surface area is 79.7 Å². The fraction of sp³-hybridized carbons (Fsp3) is 1.00. The summed E-state index contributed by atoms with van der Waals surface area (Å²) in [5.41, 5.74) is 5.66. The molecule has 0 aromatic heterocycles. The van der Waals surface area contributed by atoms with Crippen LogP contribution in [0.2, 0.25) is 0 Å². The summed E-state index contributed by atoms with van der Waals surface area (Å²) in [6, 6.07) is 1.15. The van der Waals surface area contributed by atoms with Crippen molar-refractivity contribution >= 4 is 11.8 Å². The van der Waals surface area contributed by atoms with Crippen LogP contribution in [0.5, 0.6) is 0 Å². The number of rotatable bonds is 5. The Bertz CT molecular complexity index is 111. The van der Waals surface area contributed by atoms with Gasteiger partial charge in [0.1, 0.15) is 0 Å². The van der Waals surface area contributed by atoms with E-state index in [1.165, 1.54) is 30.9 Å². The molecule has 0 amide bonds. The summed E-state index contributed by atoms with van der Waals surface area (Å²) < 4.78 is 0. The van der Waals surface area contributed by atoms with Gasteiger partial charge in [0.2, 0.25) is 0 Å². The summed E-state index contributed by atoms with van der Waals surface area (Å²) >= 11 is 2.04. The van der Waals surface area contributed by atoms with E-state index >= 15 is 0 Å². The van der Waals surface area contributed by atoms with E-state index in [9.17, 15) is 0 Å². The van der Waals surface area contributed by atoms with Gasteiger partial charge in [-0.3, -0.25) is 0 Å². The monoisotopic (exact) mass is 188 g/mol. The van der Waals surface area contributed by atoms with Gasteiger partial charge in [-0.05, 0) is 38.5 Å². The normalized spacial score (nSPS) is 26.0. The molecule has 1 unspecified atom stereocenters. The Hall–Kier alpha value is 0.270. The van der Waals surface area contributed by atoms with Crippen LogP contribution in [-0.2, 0) is 0 Å². The van der Waals surface area contributed by atoms with Crippen molar-refractivity contribution < 1.29 is 0 Å². The lowest BCUT2D eigenvalue weighted by Gasteiger charge is -2.09. The van der Waals surface area contributed by atoms with Gasteiger partial charge in [0.15, 0.2) is 0 Å². The molecular weight excluding hydrogens is 168 g/mol. The van der Waals surface area contributed by atoms with Crippen molar-refractivity contribution in [1.29, 1.82) is 0 Å². The van der Waals surface area contributed by atoms with E-state index in [1.54, 1.807) is 0 Å². The van der Waals surface area contributed by atoms with Crippen LogP contribution in [0.1, 0.15) is 26.2 Å². The minimum Gasteiger partial charge on any atom is -0.328 e. The first-order valence-electron chi connectivity index (χ1n) is 4.86. The zero-order valence-corrected chi connectivity index (χ0v) is 8.70. The highest BCUT2D eigenvalue weighted by atomic mass is 32.2. The molecule has 0 bridgehead atoms. The minimum atomic E-state index is 0.369. The highest BCUT2D eigenvalue weighted by Gasteiger charge is 2.12. The van der Waals surface area contributed by atoms with E-state index in [4.69, 9.17) is 5.73 Å². The quantitative estimate of drug-likeness (QED) is 0.637. The summed E-state index contributed by atoms with van der Waals surface area (Å²) in [6.45, 7) is 3.30. The molecule has 2 atom stereocenters. The van der Waals surface area contributed by atoms with Crippen molar-refractivity contribution in [1.82, 2.24) is 5.32 Å². The lowest BCUT2D eigenvalue weighted by Crippen LogP contribution is -2.24. The first kappa shape index (κ1) is 10.4. The Kier molecular flexibility index (Phi) is 5.04. The molecule has 1 saturated heterocycles. The number of hydrogen-bond acceptors (Lipinski definition) is 3. The van der Waals surface area contributed by atoms with Gasteiger partial charge in [-0.15, -0.1) is 0 Å². The molecule has 1 heterocycles. The second-order valence-electron chi connectivity index (χ2n) is 3.63. The Morgan fingerprint density at radius 1 is 1.67 bits per heavy atom. The van der Waals surface area contributed by atoms with E-state index in [1.807, 2.05) is 11.8 Å². The average molecular weight is 188 g/mol. The minimum absolute atomic E-state index is 0.369. The van der Waals surface area contributed by atoms with Crippen LogP contribution in [-0.4, -0.2) is 30.1 Å². The molecule has 0 aromatic carbocycles. The van der Waals surface area contributed by atoms with Crippen LogP contribution in [0.4, 0.5) is 0 Å². The van der Waals surface area contributed by atoms with Crippen molar-refractivity contribution in [3.63, 3.8) is 0 Å². The molecule has 3 heteroatoms. The maximum atomic E-state index is 5.66. The maximum absolute atomic E-state index is 5.66. The fourth-order valence-electron chi connectivity index (χ4n) is 1.39. The van der Waals surface area contributed by atoms with E-state index in [-0.39, 0.29) is 0 Å². The van der Waals surface area contributed by atoms with E-state index in [2.05, 4.69) is 12.2 Å². The molecule has 0 saturated carbocycles. The molecule has 0 radical (unpaired) electrons. The van der Waals surface area contributed by atoms with Crippen LogP contribution in [0.25, 0.3) is 0 Å². The second-order valence-corrected chi connectivity index (χ2v) is 4.78. The van der Waals surface area contributed by atoms with Gasteiger partial charge in [0.25, 0.3) is 0 Å². The third-order valence-electron chi connectivity index (χ3n) is 2.20. The van der Waals surface area contributed by atoms with Gasteiger partial charge < -0.3 is 11.1 Å². The highest BCUT2D eigenvalue weighted by Crippen LogP contribution is 2.12. The van der Waals surface area contributed by atoms with Crippen LogP contribution in [0.3, 0.4) is 0 Å². The second kappa shape index (κ2) is 5.84. The van der Waals surface area contributed by atoms with Crippen molar-refractivity contribution in [3.05, 3.63) is 0 Å². The summed E-state index contributed by atoms with van der Waals surface area (Å²) in [4.78, 5) is 0. The molecule has 12 heavy (non-hydrogen) atoms. The zero-order chi connectivity index (χ0) is 8.81. The number of hydrogen-bond donors (Lipinski definition) is 2. The van der Waals surface area contributed by atoms with Crippen molar-refractivity contribution in [3.8, 4) is 0 Å². The van der Waals surface area contributed by atoms with Gasteiger partial charge >= 0.3 is 0 Å². The van der Waals surface area contributed by atoms with Crippen molar-refractivity contribution in [2.24, 2.45) is 5.73 Å². The number of nitrogens with one attached hydrogen (secondary N) is 1. The molecule has 1 rings (SSSR count). The fourth-order valence-corrected chi connectivity index (χ4v) is 2.67. The highest BCUT2D eigenvalue weighted by molar-refractivity contribution is 7.99. The first-order valence-corrected chi connectivity index (χ1v) is 6.01. The molecule has 1 fully saturated rings. The SMILES string of the molecule is CC(N)CCSC[C@H]1CCCN1. The van der Waals surface area contributed by atoms with Gasteiger partial charge in [-0.25, -0.2) is 0 Å². The molecule has 0 spiro atoms. The van der Waals surface area contributed by atoms with E-state index in [0.29, 0.717) is 6.04 Å². The van der Waals surface area contributed by atoms with Gasteiger partial charge in [0.05, 0.1) is 0 Å². The van der Waals surface area contributed by atoms with E-state index < -0.39 is 0 Å². The molecule has 1 aliphatic heterocycles. The average Bonchev–Trinajstić information content (AvgIpc) is 2.49. The van der Waals surface area contributed by atoms with Crippen LogP contribution < -0.4 is 11.1 Å². The lowest BCUT2D eigenvalue weighted by atomic mass is 10.3. The predicted octanol–water partition coefficient (Wildman–Crippen LogP) is 1.21. The smallest absolute Gasteiger partial charge is 0.0158 e. The summed E-state index contributed by atoms with van der Waals surface area (Å²) in [6.07, 6.45) is 3.88. The van der Waals surface area contributed by atoms with Crippen LogP contribution >= 0.6 is 11.8 Å². The van der Waals surface area contributed by atoms with Gasteiger partial charge in [-0.1, -0.05) is 0 Å². The largest absolute Gasteiger partial charge is 0.328 e. The topological polar surface area (TPSA) is 38.0 Å².